The van der Waals surface area contributed by atoms with Crippen LogP contribution in [0.15, 0.2) is 23.2 Å². The topological polar surface area (TPSA) is 36.4 Å². The van der Waals surface area contributed by atoms with Crippen molar-refractivity contribution in [2.75, 3.05) is 7.05 Å². The lowest BCUT2D eigenvalue weighted by Crippen LogP contribution is -2.47. The van der Waals surface area contributed by atoms with Crippen LogP contribution in [0.2, 0.25) is 0 Å². The molecule has 0 aromatic heterocycles. The third-order valence-electron chi connectivity index (χ3n) is 5.18. The van der Waals surface area contributed by atoms with Crippen molar-refractivity contribution >= 4 is 5.96 Å². The molecule has 0 radical (unpaired) electrons. The van der Waals surface area contributed by atoms with E-state index in [-0.39, 0.29) is 36.4 Å². The molecule has 1 aromatic rings. The van der Waals surface area contributed by atoms with E-state index >= 15 is 0 Å². The summed E-state index contributed by atoms with van der Waals surface area (Å²) in [7, 11) is 1.53. The van der Waals surface area contributed by atoms with Crippen LogP contribution in [0.4, 0.5) is 22.0 Å². The Hall–Kier alpha value is -1.86. The number of benzene rings is 1. The summed E-state index contributed by atoms with van der Waals surface area (Å²) in [5, 5.41) is 6.10. The minimum atomic E-state index is -4.18. The summed E-state index contributed by atoms with van der Waals surface area (Å²) in [4.78, 5) is 4.05. The number of aliphatic imine (C=N–C) groups is 1. The van der Waals surface area contributed by atoms with Crippen LogP contribution in [-0.2, 0) is 0 Å². The van der Waals surface area contributed by atoms with Gasteiger partial charge in [0, 0.05) is 30.6 Å². The molecule has 3 rings (SSSR count). The number of alkyl halides is 3. The molecule has 2 aliphatic rings. The van der Waals surface area contributed by atoms with Gasteiger partial charge < -0.3 is 10.6 Å². The Morgan fingerprint density at radius 2 is 1.77 bits per heavy atom. The number of halogens is 5. The number of hydrogen-bond acceptors (Lipinski definition) is 1. The van der Waals surface area contributed by atoms with E-state index < -0.39 is 23.7 Å². The first kappa shape index (κ1) is 18.9. The Balaban J connectivity index is 1.57. The van der Waals surface area contributed by atoms with Crippen molar-refractivity contribution in [3.05, 3.63) is 35.4 Å². The van der Waals surface area contributed by atoms with Gasteiger partial charge in [0.15, 0.2) is 5.96 Å². The molecule has 2 N–H and O–H groups in total. The highest BCUT2D eigenvalue weighted by atomic mass is 19.4. The van der Waals surface area contributed by atoms with E-state index in [0.29, 0.717) is 25.2 Å². The van der Waals surface area contributed by atoms with E-state index in [1.54, 1.807) is 0 Å². The summed E-state index contributed by atoms with van der Waals surface area (Å²) in [6, 6.07) is 3.26. The lowest BCUT2D eigenvalue weighted by Gasteiger charge is -2.32. The van der Waals surface area contributed by atoms with Crippen LogP contribution in [0.3, 0.4) is 0 Å². The van der Waals surface area contributed by atoms with Gasteiger partial charge in [-0.3, -0.25) is 4.99 Å². The maximum atomic E-state index is 13.8. The maximum absolute atomic E-state index is 13.8. The first-order chi connectivity index (χ1) is 12.3. The average molecular weight is 375 g/mol. The molecule has 2 saturated carbocycles. The summed E-state index contributed by atoms with van der Waals surface area (Å²) in [6.45, 7) is 0. The van der Waals surface area contributed by atoms with Crippen LogP contribution in [0.1, 0.15) is 43.6 Å². The van der Waals surface area contributed by atoms with Gasteiger partial charge in [-0.2, -0.15) is 13.2 Å². The highest BCUT2D eigenvalue weighted by molar-refractivity contribution is 5.80. The predicted molar refractivity (Wildman–Crippen MR) is 88.9 cm³/mol. The molecule has 0 aliphatic heterocycles. The minimum absolute atomic E-state index is 0.0141. The Bertz CT molecular complexity index is 653. The maximum Gasteiger partial charge on any atom is 0.391 e. The zero-order valence-electron chi connectivity index (χ0n) is 14.4. The minimum Gasteiger partial charge on any atom is -0.354 e. The fourth-order valence-corrected chi connectivity index (χ4v) is 3.70. The van der Waals surface area contributed by atoms with E-state index in [9.17, 15) is 22.0 Å². The standard InChI is InChI=1S/C18H22F5N3/c1-24-17(25-11-5-2-4-10(8-11)18(21,22)23)26-15-9-12(15)16-13(19)6-3-7-14(16)20/h3,6-7,10-12,15H,2,4-5,8-9H2,1H3,(H2,24,25,26). The van der Waals surface area contributed by atoms with Gasteiger partial charge in [-0.25, -0.2) is 8.78 Å². The molecule has 8 heteroatoms. The van der Waals surface area contributed by atoms with Crippen molar-refractivity contribution in [1.82, 2.24) is 10.6 Å². The quantitative estimate of drug-likeness (QED) is 0.474. The first-order valence-electron chi connectivity index (χ1n) is 8.80. The molecule has 0 spiro atoms. The molecule has 0 bridgehead atoms. The second-order valence-corrected chi connectivity index (χ2v) is 7.05. The second-order valence-electron chi connectivity index (χ2n) is 7.05. The highest BCUT2D eigenvalue weighted by Crippen LogP contribution is 2.43. The molecule has 4 atom stereocenters. The monoisotopic (exact) mass is 375 g/mol. The van der Waals surface area contributed by atoms with Crippen molar-refractivity contribution in [2.45, 2.75) is 56.3 Å². The second kappa shape index (κ2) is 7.40. The molecule has 2 fully saturated rings. The van der Waals surface area contributed by atoms with Gasteiger partial charge >= 0.3 is 6.18 Å². The van der Waals surface area contributed by atoms with E-state index in [1.165, 1.54) is 25.2 Å². The number of rotatable bonds is 3. The van der Waals surface area contributed by atoms with E-state index in [0.717, 1.165) is 0 Å². The zero-order valence-corrected chi connectivity index (χ0v) is 14.4. The van der Waals surface area contributed by atoms with Crippen LogP contribution in [0.5, 0.6) is 0 Å². The summed E-state index contributed by atoms with van der Waals surface area (Å²) in [5.74, 6) is -2.38. The Morgan fingerprint density at radius 3 is 2.38 bits per heavy atom. The molecule has 26 heavy (non-hydrogen) atoms. The van der Waals surface area contributed by atoms with Gasteiger partial charge in [0.2, 0.25) is 0 Å². The third kappa shape index (κ3) is 4.27. The number of guanidine groups is 1. The number of nitrogens with one attached hydrogen (secondary N) is 2. The van der Waals surface area contributed by atoms with E-state index in [4.69, 9.17) is 0 Å². The summed E-state index contributed by atoms with van der Waals surface area (Å²) in [5.41, 5.74) is 0.0512. The van der Waals surface area contributed by atoms with Gasteiger partial charge in [0.1, 0.15) is 11.6 Å². The highest BCUT2D eigenvalue weighted by Gasteiger charge is 2.44. The average Bonchev–Trinajstić information content (AvgIpc) is 3.32. The van der Waals surface area contributed by atoms with Crippen LogP contribution in [0, 0.1) is 17.6 Å². The summed E-state index contributed by atoms with van der Waals surface area (Å²) >= 11 is 0. The molecule has 1 aromatic carbocycles. The largest absolute Gasteiger partial charge is 0.391 e. The van der Waals surface area contributed by atoms with Gasteiger partial charge in [0.05, 0.1) is 5.92 Å². The van der Waals surface area contributed by atoms with Crippen molar-refractivity contribution in [3.63, 3.8) is 0 Å². The lowest BCUT2D eigenvalue weighted by molar-refractivity contribution is -0.183. The Labute approximate surface area is 149 Å². The molecule has 0 heterocycles. The number of hydrogen-bond donors (Lipinski definition) is 2. The fraction of sp³-hybridized carbons (Fsp3) is 0.611. The zero-order chi connectivity index (χ0) is 18.9. The molecular weight excluding hydrogens is 353 g/mol. The van der Waals surface area contributed by atoms with Crippen LogP contribution < -0.4 is 10.6 Å². The van der Waals surface area contributed by atoms with Crippen molar-refractivity contribution in [1.29, 1.82) is 0 Å². The molecular formula is C18H22F5N3. The predicted octanol–water partition coefficient (Wildman–Crippen LogP) is 4.11. The van der Waals surface area contributed by atoms with E-state index in [1.807, 2.05) is 0 Å². The summed E-state index contributed by atoms with van der Waals surface area (Å²) in [6.07, 6.45) is -2.31. The van der Waals surface area contributed by atoms with Crippen molar-refractivity contribution in [3.8, 4) is 0 Å². The van der Waals surface area contributed by atoms with Crippen molar-refractivity contribution in [2.24, 2.45) is 10.9 Å². The first-order valence-corrected chi connectivity index (χ1v) is 8.80. The van der Waals surface area contributed by atoms with E-state index in [2.05, 4.69) is 15.6 Å². The van der Waals surface area contributed by atoms with Gasteiger partial charge in [-0.15, -0.1) is 0 Å². The molecule has 0 amide bonds. The molecule has 144 valence electrons. The van der Waals surface area contributed by atoms with Crippen LogP contribution in [0.25, 0.3) is 0 Å². The van der Waals surface area contributed by atoms with Crippen LogP contribution >= 0.6 is 0 Å². The van der Waals surface area contributed by atoms with Crippen LogP contribution in [-0.4, -0.2) is 31.3 Å². The Kier molecular flexibility index (Phi) is 5.39. The smallest absolute Gasteiger partial charge is 0.354 e. The fourth-order valence-electron chi connectivity index (χ4n) is 3.70. The normalized spacial score (nSPS) is 29.4. The van der Waals surface area contributed by atoms with Gasteiger partial charge in [-0.1, -0.05) is 12.5 Å². The van der Waals surface area contributed by atoms with Gasteiger partial charge in [-0.05, 0) is 37.8 Å². The Morgan fingerprint density at radius 1 is 1.08 bits per heavy atom. The molecule has 3 nitrogen and oxygen atoms in total. The summed E-state index contributed by atoms with van der Waals surface area (Å²) < 4.78 is 66.5. The van der Waals surface area contributed by atoms with Crippen molar-refractivity contribution < 1.29 is 22.0 Å². The number of nitrogens with zero attached hydrogens (tertiary/aromatic N) is 1. The lowest BCUT2D eigenvalue weighted by atomic mass is 9.85. The SMILES string of the molecule is CN=C(NC1CCCC(C(F)(F)F)C1)NC1CC1c1c(F)cccc1F. The van der Waals surface area contributed by atoms with Gasteiger partial charge in [0.25, 0.3) is 0 Å². The molecule has 2 aliphatic carbocycles. The third-order valence-corrected chi connectivity index (χ3v) is 5.18. The molecule has 0 saturated heterocycles. The molecule has 4 unspecified atom stereocenters.